The first kappa shape index (κ1) is 60.6. The van der Waals surface area contributed by atoms with E-state index in [1.807, 2.05) is 13.7 Å². The smallest absolute Gasteiger partial charge is 0.151 e. The lowest BCUT2D eigenvalue weighted by molar-refractivity contribution is 0.552. The molecule has 6 aromatic carbocycles. The largest absolute Gasteiger partial charge is 0.340 e. The fourth-order valence-electron chi connectivity index (χ4n) is 13.9. The molecule has 13 rings (SSSR count). The number of rotatable bonds is 27. The maximum Gasteiger partial charge on any atom is 0.151 e. The van der Waals surface area contributed by atoms with Gasteiger partial charge in [0.1, 0.15) is 50.6 Å². The summed E-state index contributed by atoms with van der Waals surface area (Å²) in [6.45, 7) is 8.12. The molecule has 13 aromatic rings. The standard InChI is InChI=1S/C72H78F6N12/c1-4-7-10-13-16-19-22-25-28-85-64-37-55(73)52-31-46(64)49-34-70(58(76)40-67(49)85)88-44-62(80-82-88)53-32-47-51-36-72(60(78)42-69(51)86(65(47)38-56(53)74)29-26-23-20-17-14-11-8-5-2)90-45-63(81-84-90)54-33-48-50-35-71(89-43-61(52)79-83-89)59(77)41-68(50)87(66(48)39-57(54)75)30-27-24-21-18-15-12-9-6-3/h31-45H,4-30H2,1-3H3. The van der Waals surface area contributed by atoms with Crippen LogP contribution in [0.5, 0.6) is 0 Å². The summed E-state index contributed by atoms with van der Waals surface area (Å²) in [4.78, 5) is 0. The van der Waals surface area contributed by atoms with Crippen molar-refractivity contribution in [3.05, 3.63) is 126 Å². The fraction of sp³-hybridized carbons (Fsp3) is 0.417. The van der Waals surface area contributed by atoms with Gasteiger partial charge in [-0.05, 0) is 73.9 Å². The molecule has 0 fully saturated rings. The van der Waals surface area contributed by atoms with E-state index in [2.05, 4.69) is 51.7 Å². The molecular weight excluding hydrogens is 1150 g/mol. The number of unbranched alkanes of at least 4 members (excludes halogenated alkanes) is 21. The highest BCUT2D eigenvalue weighted by atomic mass is 19.1. The molecule has 0 saturated carbocycles. The third-order valence-corrected chi connectivity index (χ3v) is 18.8. The normalized spacial score (nSPS) is 12.4. The Morgan fingerprint density at radius 1 is 0.244 bits per heavy atom. The van der Waals surface area contributed by atoms with E-state index in [0.29, 0.717) is 85.1 Å². The monoisotopic (exact) mass is 1220 g/mol. The maximum absolute atomic E-state index is 17.0. The molecule has 18 bridgehead atoms. The SMILES string of the molecule is CCCCCCCCCCn1c2cc(F)c3cc2c2cc(c(F)cc21)n1cc(nn1)c1cc2c4cc(c(F)cc4n(CCCCCCCCCC)c2cc1F)n1cc(nn1)c1cc2c4cc(c(F)cc4n(CCCCCCCCCC)c2cc1F)n1cc3nn1. The van der Waals surface area contributed by atoms with Crippen molar-refractivity contribution >= 4 is 115 Å². The molecule has 0 saturated heterocycles. The highest BCUT2D eigenvalue weighted by Crippen LogP contribution is 2.39. The minimum atomic E-state index is -0.619. The molecule has 0 spiro atoms. The third kappa shape index (κ3) is 11.8. The first-order chi connectivity index (χ1) is 44.0. The Hall–Kier alpha value is -8.28. The second-order valence-corrected chi connectivity index (χ2v) is 25.0. The van der Waals surface area contributed by atoms with Crippen LogP contribution in [-0.2, 0) is 19.6 Å². The van der Waals surface area contributed by atoms with Gasteiger partial charge in [0.15, 0.2) is 17.5 Å². The molecule has 0 amide bonds. The highest BCUT2D eigenvalue weighted by molar-refractivity contribution is 6.14. The Labute approximate surface area is 517 Å². The predicted molar refractivity (Wildman–Crippen MR) is 352 cm³/mol. The number of halogens is 6. The predicted octanol–water partition coefficient (Wildman–Crippen LogP) is 20.5. The zero-order valence-electron chi connectivity index (χ0n) is 51.9. The number of nitrogens with zero attached hydrogens (tertiary/aromatic N) is 12. The number of benzene rings is 6. The minimum Gasteiger partial charge on any atom is -0.340 e. The highest BCUT2D eigenvalue weighted by Gasteiger charge is 2.22. The molecule has 7 heterocycles. The molecule has 0 N–H and O–H groups in total. The molecule has 0 atom stereocenters. The van der Waals surface area contributed by atoms with Crippen molar-refractivity contribution in [2.45, 2.75) is 195 Å². The van der Waals surface area contributed by atoms with Crippen molar-refractivity contribution in [1.82, 2.24) is 58.2 Å². The summed E-state index contributed by atoms with van der Waals surface area (Å²) in [6.07, 6.45) is 30.4. The van der Waals surface area contributed by atoms with Gasteiger partial charge >= 0.3 is 0 Å². The van der Waals surface area contributed by atoms with Gasteiger partial charge < -0.3 is 13.7 Å². The van der Waals surface area contributed by atoms with Gasteiger partial charge in [0.25, 0.3) is 0 Å². The van der Waals surface area contributed by atoms with Gasteiger partial charge in [-0.2, -0.15) is 0 Å². The van der Waals surface area contributed by atoms with Crippen LogP contribution in [0.4, 0.5) is 26.3 Å². The van der Waals surface area contributed by atoms with Crippen LogP contribution in [0.25, 0.3) is 115 Å². The van der Waals surface area contributed by atoms with Gasteiger partial charge in [-0.3, -0.25) is 0 Å². The Bertz CT molecular complexity index is 4180. The van der Waals surface area contributed by atoms with Gasteiger partial charge in [-0.15, -0.1) is 15.3 Å². The van der Waals surface area contributed by atoms with Crippen molar-refractivity contribution in [3.8, 4) is 0 Å². The first-order valence-corrected chi connectivity index (χ1v) is 33.2. The second kappa shape index (κ2) is 26.7. The van der Waals surface area contributed by atoms with Crippen LogP contribution in [0, 0.1) is 34.9 Å². The summed E-state index contributed by atoms with van der Waals surface area (Å²) >= 11 is 0. The zero-order chi connectivity index (χ0) is 62.0. The zero-order valence-corrected chi connectivity index (χ0v) is 51.9. The lowest BCUT2D eigenvalue weighted by Gasteiger charge is -2.08. The summed E-state index contributed by atoms with van der Waals surface area (Å²) in [5, 5.41) is 30.4. The molecule has 0 aliphatic rings. The Morgan fingerprint density at radius 3 is 0.722 bits per heavy atom. The lowest BCUT2D eigenvalue weighted by Crippen LogP contribution is -1.99. The Morgan fingerprint density at radius 2 is 0.467 bits per heavy atom. The molecule has 0 unspecified atom stereocenters. The number of aromatic nitrogens is 12. The Kier molecular flexibility index (Phi) is 18.0. The van der Waals surface area contributed by atoms with Crippen LogP contribution in [0.3, 0.4) is 0 Å². The van der Waals surface area contributed by atoms with Crippen molar-refractivity contribution in [2.75, 3.05) is 0 Å². The molecule has 90 heavy (non-hydrogen) atoms. The van der Waals surface area contributed by atoms with Crippen molar-refractivity contribution in [1.29, 1.82) is 0 Å². The van der Waals surface area contributed by atoms with Crippen LogP contribution < -0.4 is 0 Å². The number of hydrogen-bond donors (Lipinski definition) is 0. The summed E-state index contributed by atoms with van der Waals surface area (Å²) in [5.74, 6) is -3.65. The molecule has 12 nitrogen and oxygen atoms in total. The van der Waals surface area contributed by atoms with E-state index in [9.17, 15) is 0 Å². The van der Waals surface area contributed by atoms with Gasteiger partial charge in [-0.25, -0.2) is 39.9 Å². The van der Waals surface area contributed by atoms with E-state index in [-0.39, 0.29) is 49.3 Å². The van der Waals surface area contributed by atoms with Crippen molar-refractivity contribution in [2.24, 2.45) is 0 Å². The first-order valence-electron chi connectivity index (χ1n) is 33.2. The van der Waals surface area contributed by atoms with Gasteiger partial charge in [0.05, 0.1) is 51.7 Å². The average molecular weight is 1230 g/mol. The number of fused-ring (bicyclic) bond motifs is 18. The molecule has 0 radical (unpaired) electrons. The van der Waals surface area contributed by atoms with E-state index in [4.69, 9.17) is 0 Å². The molecule has 468 valence electrons. The molecule has 0 aliphatic carbocycles. The van der Waals surface area contributed by atoms with E-state index < -0.39 is 34.9 Å². The van der Waals surface area contributed by atoms with Gasteiger partial charge in [-0.1, -0.05) is 171 Å². The summed E-state index contributed by atoms with van der Waals surface area (Å²) < 4.78 is 112. The number of aryl methyl sites for hydroxylation is 3. The molecule has 0 aliphatic heterocycles. The van der Waals surface area contributed by atoms with Crippen molar-refractivity contribution in [3.63, 3.8) is 0 Å². The Balaban J connectivity index is 1.03. The van der Waals surface area contributed by atoms with Crippen LogP contribution in [0.2, 0.25) is 0 Å². The van der Waals surface area contributed by atoms with Crippen LogP contribution >= 0.6 is 0 Å². The summed E-state index contributed by atoms with van der Waals surface area (Å²) in [7, 11) is 0. The number of hydrogen-bond acceptors (Lipinski definition) is 6. The van der Waals surface area contributed by atoms with Crippen molar-refractivity contribution < 1.29 is 26.3 Å². The lowest BCUT2D eigenvalue weighted by atomic mass is 10.1. The van der Waals surface area contributed by atoms with E-state index >= 15 is 26.3 Å². The van der Waals surface area contributed by atoms with Crippen LogP contribution in [0.15, 0.2) is 91.4 Å². The fourth-order valence-corrected chi connectivity index (χ4v) is 13.9. The molecular formula is C72H78F6N12. The van der Waals surface area contributed by atoms with Crippen LogP contribution in [0.1, 0.15) is 175 Å². The molecule has 7 aromatic heterocycles. The van der Waals surface area contributed by atoms with Crippen LogP contribution in [-0.4, -0.2) is 58.2 Å². The van der Waals surface area contributed by atoms with Gasteiger partial charge in [0, 0.05) is 86.3 Å². The third-order valence-electron chi connectivity index (χ3n) is 18.8. The summed E-state index contributed by atoms with van der Waals surface area (Å²) in [5.41, 5.74) is 3.82. The maximum atomic E-state index is 17.0. The summed E-state index contributed by atoms with van der Waals surface area (Å²) in [6, 6.07) is 18.7. The quantitative estimate of drug-likeness (QED) is 0.0375. The van der Waals surface area contributed by atoms with E-state index in [1.165, 1.54) is 146 Å². The average Bonchev–Trinajstić information content (AvgIpc) is 1.61. The van der Waals surface area contributed by atoms with E-state index in [1.54, 1.807) is 36.4 Å². The minimum absolute atomic E-state index is 0.0362. The molecule has 18 heteroatoms. The van der Waals surface area contributed by atoms with Gasteiger partial charge in [0.2, 0.25) is 0 Å². The van der Waals surface area contributed by atoms with E-state index in [0.717, 1.165) is 77.0 Å². The second-order valence-electron chi connectivity index (χ2n) is 25.0. The topological polar surface area (TPSA) is 105 Å².